The molecule has 2 saturated heterocycles. The summed E-state index contributed by atoms with van der Waals surface area (Å²) in [7, 11) is -3.07. The second kappa shape index (κ2) is 3.67. The summed E-state index contributed by atoms with van der Waals surface area (Å²) in [5.41, 5.74) is -0.955. The van der Waals surface area contributed by atoms with Crippen LogP contribution in [0.2, 0.25) is 0 Å². The molecular weight excluding hydrogens is 231 g/mol. The van der Waals surface area contributed by atoms with Crippen molar-refractivity contribution in [3.63, 3.8) is 0 Å². The highest BCUT2D eigenvalue weighted by atomic mass is 32.2. The van der Waals surface area contributed by atoms with Gasteiger partial charge in [0.1, 0.15) is 11.7 Å². The molecule has 2 unspecified atom stereocenters. The Labute approximate surface area is 95.0 Å². The van der Waals surface area contributed by atoms with E-state index >= 15 is 0 Å². The highest BCUT2D eigenvalue weighted by Gasteiger charge is 2.54. The predicted molar refractivity (Wildman–Crippen MR) is 57.2 cm³/mol. The van der Waals surface area contributed by atoms with Crippen LogP contribution in [0.1, 0.15) is 13.3 Å². The van der Waals surface area contributed by atoms with Gasteiger partial charge < -0.3 is 0 Å². The second-order valence-electron chi connectivity index (χ2n) is 4.90. The number of nitrogens with zero attached hydrogens (tertiary/aromatic N) is 2. The van der Waals surface area contributed by atoms with Gasteiger partial charge in [0.15, 0.2) is 9.84 Å². The maximum Gasteiger partial charge on any atom is 0.156 e. The van der Waals surface area contributed by atoms with Crippen LogP contribution in [0.3, 0.4) is 0 Å². The standard InChI is InChI=1S/C10H15FN2O2S/c1-8-2-3-13(4-9(8)11)10(5-12)6-16(14,15)7-10/h8-9H,2-4,6-7H2,1H3. The zero-order chi connectivity index (χ0) is 12.0. The van der Waals surface area contributed by atoms with Crippen LogP contribution in [-0.2, 0) is 9.84 Å². The van der Waals surface area contributed by atoms with Crippen molar-refractivity contribution >= 4 is 9.84 Å². The van der Waals surface area contributed by atoms with Gasteiger partial charge in [-0.15, -0.1) is 0 Å². The second-order valence-corrected chi connectivity index (χ2v) is 6.97. The van der Waals surface area contributed by atoms with Crippen molar-refractivity contribution < 1.29 is 12.8 Å². The first-order valence-electron chi connectivity index (χ1n) is 5.39. The molecule has 2 fully saturated rings. The van der Waals surface area contributed by atoms with Crippen LogP contribution in [0.15, 0.2) is 0 Å². The van der Waals surface area contributed by atoms with E-state index < -0.39 is 21.5 Å². The molecule has 90 valence electrons. The lowest BCUT2D eigenvalue weighted by Gasteiger charge is -2.47. The van der Waals surface area contributed by atoms with Gasteiger partial charge in [0.05, 0.1) is 17.6 Å². The van der Waals surface area contributed by atoms with E-state index in [1.807, 2.05) is 6.92 Å². The molecule has 0 saturated carbocycles. The van der Waals surface area contributed by atoms with Crippen LogP contribution in [-0.4, -0.2) is 49.6 Å². The molecule has 4 nitrogen and oxygen atoms in total. The minimum Gasteiger partial charge on any atom is -0.281 e. The third-order valence-corrected chi connectivity index (χ3v) is 5.43. The van der Waals surface area contributed by atoms with Crippen molar-refractivity contribution in [2.75, 3.05) is 24.6 Å². The highest BCUT2D eigenvalue weighted by molar-refractivity contribution is 7.93. The Balaban J connectivity index is 2.11. The fourth-order valence-electron chi connectivity index (χ4n) is 2.41. The van der Waals surface area contributed by atoms with E-state index in [9.17, 15) is 12.8 Å². The number of hydrogen-bond donors (Lipinski definition) is 0. The first kappa shape index (κ1) is 11.8. The molecular formula is C10H15FN2O2S. The Hall–Kier alpha value is -0.670. The van der Waals surface area contributed by atoms with Gasteiger partial charge in [-0.1, -0.05) is 6.92 Å². The topological polar surface area (TPSA) is 61.2 Å². The number of alkyl halides is 1. The number of rotatable bonds is 1. The van der Waals surface area contributed by atoms with Gasteiger partial charge in [-0.3, -0.25) is 4.90 Å². The molecule has 6 heteroatoms. The third-order valence-electron chi connectivity index (χ3n) is 3.60. The number of hydrogen-bond acceptors (Lipinski definition) is 4. The number of piperidine rings is 1. The zero-order valence-electron chi connectivity index (χ0n) is 9.19. The van der Waals surface area contributed by atoms with E-state index in [1.54, 1.807) is 4.90 Å². The average Bonchev–Trinajstić information content (AvgIpc) is 2.18. The zero-order valence-corrected chi connectivity index (χ0v) is 10.0. The normalized spacial score (nSPS) is 37.3. The predicted octanol–water partition coefficient (Wildman–Crippen LogP) is 0.357. The highest BCUT2D eigenvalue weighted by Crippen LogP contribution is 2.33. The lowest BCUT2D eigenvalue weighted by atomic mass is 9.92. The maximum atomic E-state index is 13.5. The van der Waals surface area contributed by atoms with Gasteiger partial charge in [0.2, 0.25) is 0 Å². The van der Waals surface area contributed by atoms with Crippen molar-refractivity contribution in [2.24, 2.45) is 5.92 Å². The number of likely N-dealkylation sites (tertiary alicyclic amines) is 1. The van der Waals surface area contributed by atoms with Crippen molar-refractivity contribution in [2.45, 2.75) is 25.1 Å². The summed E-state index contributed by atoms with van der Waals surface area (Å²) in [5.74, 6) is -0.279. The molecule has 16 heavy (non-hydrogen) atoms. The molecule has 0 amide bonds. The van der Waals surface area contributed by atoms with Gasteiger partial charge in [-0.25, -0.2) is 12.8 Å². The number of sulfone groups is 1. The van der Waals surface area contributed by atoms with Gasteiger partial charge in [0, 0.05) is 13.1 Å². The minimum absolute atomic E-state index is 0.00340. The smallest absolute Gasteiger partial charge is 0.156 e. The Morgan fingerprint density at radius 2 is 2.12 bits per heavy atom. The molecule has 0 bridgehead atoms. The molecule has 0 spiro atoms. The van der Waals surface area contributed by atoms with E-state index in [0.717, 1.165) is 0 Å². The molecule has 0 aromatic heterocycles. The lowest BCUT2D eigenvalue weighted by Crippen LogP contribution is -2.67. The molecule has 0 N–H and O–H groups in total. The largest absolute Gasteiger partial charge is 0.281 e. The molecule has 2 rings (SSSR count). The molecule has 2 heterocycles. The Kier molecular flexibility index (Phi) is 2.71. The SMILES string of the molecule is CC1CCN(C2(C#N)CS(=O)(=O)C2)CC1F. The van der Waals surface area contributed by atoms with Crippen LogP contribution in [0.4, 0.5) is 4.39 Å². The van der Waals surface area contributed by atoms with Crippen molar-refractivity contribution in [3.8, 4) is 6.07 Å². The molecule has 2 atom stereocenters. The first-order valence-corrected chi connectivity index (χ1v) is 7.21. The summed E-state index contributed by atoms with van der Waals surface area (Å²) in [4.78, 5) is 1.71. The van der Waals surface area contributed by atoms with Gasteiger partial charge in [0.25, 0.3) is 0 Å². The van der Waals surface area contributed by atoms with Gasteiger partial charge in [-0.05, 0) is 12.3 Å². The third kappa shape index (κ3) is 1.82. The van der Waals surface area contributed by atoms with Gasteiger partial charge >= 0.3 is 0 Å². The van der Waals surface area contributed by atoms with E-state index in [1.165, 1.54) is 0 Å². The van der Waals surface area contributed by atoms with E-state index in [-0.39, 0.29) is 24.0 Å². The first-order chi connectivity index (χ1) is 7.38. The monoisotopic (exact) mass is 246 g/mol. The fourth-order valence-corrected chi connectivity index (χ4v) is 4.28. The van der Waals surface area contributed by atoms with Crippen LogP contribution in [0, 0.1) is 17.2 Å². The van der Waals surface area contributed by atoms with Crippen molar-refractivity contribution in [3.05, 3.63) is 0 Å². The Morgan fingerprint density at radius 1 is 1.50 bits per heavy atom. The van der Waals surface area contributed by atoms with Gasteiger partial charge in [-0.2, -0.15) is 5.26 Å². The number of nitriles is 1. The minimum atomic E-state index is -3.07. The summed E-state index contributed by atoms with van der Waals surface area (Å²) in [6.07, 6.45) is -0.271. The summed E-state index contributed by atoms with van der Waals surface area (Å²) >= 11 is 0. The van der Waals surface area contributed by atoms with Crippen LogP contribution in [0.5, 0.6) is 0 Å². The quantitative estimate of drug-likeness (QED) is 0.670. The summed E-state index contributed by atoms with van der Waals surface area (Å²) < 4.78 is 35.9. The molecule has 2 aliphatic heterocycles. The van der Waals surface area contributed by atoms with Crippen molar-refractivity contribution in [1.29, 1.82) is 5.26 Å². The Morgan fingerprint density at radius 3 is 2.56 bits per heavy atom. The number of halogens is 1. The molecule has 0 aromatic rings. The summed E-state index contributed by atoms with van der Waals surface area (Å²) in [6.45, 7) is 2.65. The molecule has 0 aliphatic carbocycles. The van der Waals surface area contributed by atoms with Crippen LogP contribution in [0.25, 0.3) is 0 Å². The Bertz CT molecular complexity index is 417. The summed E-state index contributed by atoms with van der Waals surface area (Å²) in [5, 5.41) is 9.09. The van der Waals surface area contributed by atoms with E-state index in [4.69, 9.17) is 5.26 Å². The van der Waals surface area contributed by atoms with Crippen molar-refractivity contribution in [1.82, 2.24) is 4.90 Å². The molecule has 2 aliphatic rings. The molecule has 0 aromatic carbocycles. The van der Waals surface area contributed by atoms with E-state index in [2.05, 4.69) is 6.07 Å². The average molecular weight is 246 g/mol. The fraction of sp³-hybridized carbons (Fsp3) is 0.900. The maximum absolute atomic E-state index is 13.5. The molecule has 0 radical (unpaired) electrons. The van der Waals surface area contributed by atoms with E-state index in [0.29, 0.717) is 13.0 Å². The van der Waals surface area contributed by atoms with Crippen LogP contribution < -0.4 is 0 Å². The lowest BCUT2D eigenvalue weighted by molar-refractivity contribution is 0.0457. The summed E-state index contributed by atoms with van der Waals surface area (Å²) in [6, 6.07) is 2.06. The van der Waals surface area contributed by atoms with Crippen LogP contribution >= 0.6 is 0 Å².